The number of halogens is 4. The van der Waals surface area contributed by atoms with E-state index in [0.717, 1.165) is 0 Å². The fraction of sp³-hybridized carbons (Fsp3) is 0. The van der Waals surface area contributed by atoms with Crippen molar-refractivity contribution in [2.45, 2.75) is 0 Å². The smallest absolute Gasteiger partial charge is 0.141 e. The van der Waals surface area contributed by atoms with E-state index in [-0.39, 0.29) is 0 Å². The largest absolute Gasteiger partial charge is 0.312 e. The van der Waals surface area contributed by atoms with Crippen molar-refractivity contribution in [3.63, 3.8) is 0 Å². The molecule has 8 heteroatoms. The number of hydrogen-bond donors (Lipinski definition) is 0. The van der Waals surface area contributed by atoms with Crippen LogP contribution >= 0.6 is 82.5 Å². The molecule has 0 atom stereocenters. The van der Waals surface area contributed by atoms with Crippen molar-refractivity contribution in [2.75, 3.05) is 0 Å². The zero-order chi connectivity index (χ0) is 6.41. The first-order valence-corrected chi connectivity index (χ1v) is 19.1. The zero-order valence-corrected chi connectivity index (χ0v) is 13.3. The minimum absolute atomic E-state index is 1.16. The highest BCUT2D eigenvalue weighted by atomic mass is 79.9. The fourth-order valence-electron chi connectivity index (χ4n) is 0.284. The maximum atomic E-state index is 3.60. The van der Waals surface area contributed by atoms with E-state index < -0.39 is 7.22 Å². The minimum Gasteiger partial charge on any atom is -0.141 e. The highest BCUT2D eigenvalue weighted by Crippen LogP contribution is 2.68. The summed E-state index contributed by atoms with van der Waals surface area (Å²) >= 11 is 14.4. The molecule has 1 aliphatic heterocycles. The van der Waals surface area contributed by atoms with Crippen LogP contribution in [0, 0.1) is 0 Å². The predicted octanol–water partition coefficient (Wildman–Crippen LogP) is 3.92. The van der Waals surface area contributed by atoms with Gasteiger partial charge in [-0.05, 0) is 0 Å². The first-order valence-electron chi connectivity index (χ1n) is 1.57. The van der Waals surface area contributed by atoms with Crippen molar-refractivity contribution in [1.82, 2.24) is 0 Å². The molecule has 1 rings (SSSR count). The van der Waals surface area contributed by atoms with Crippen LogP contribution in [0.4, 0.5) is 0 Å². The van der Waals surface area contributed by atoms with E-state index in [0.29, 0.717) is 0 Å². The lowest BCUT2D eigenvalue weighted by Crippen LogP contribution is -2.34. The van der Waals surface area contributed by atoms with Crippen LogP contribution in [-0.4, -0.2) is 7.22 Å². The molecule has 1 heterocycles. The van der Waals surface area contributed by atoms with E-state index in [1.165, 1.54) is 0 Å². The van der Waals surface area contributed by atoms with Gasteiger partial charge in [0.25, 0.3) is 0 Å². The Bertz CT molecular complexity index is 88.6. The molecular formula is Br4S2Si2. The molecule has 0 aromatic carbocycles. The third-order valence-corrected chi connectivity index (χ3v) is 56.8. The summed E-state index contributed by atoms with van der Waals surface area (Å²) in [6.45, 7) is 0. The summed E-state index contributed by atoms with van der Waals surface area (Å²) in [5.41, 5.74) is 0. The van der Waals surface area contributed by atoms with E-state index in [4.69, 9.17) is 0 Å². The van der Waals surface area contributed by atoms with Crippen LogP contribution in [0.25, 0.3) is 0 Å². The van der Waals surface area contributed by atoms with Gasteiger partial charge in [-0.1, -0.05) is 61.2 Å². The molecular weight excluding hydrogens is 440 g/mol. The summed E-state index contributed by atoms with van der Waals surface area (Å²) in [5, 5.41) is 0. The van der Waals surface area contributed by atoms with Crippen LogP contribution < -0.4 is 0 Å². The van der Waals surface area contributed by atoms with E-state index in [1.54, 1.807) is 0 Å². The summed E-state index contributed by atoms with van der Waals surface area (Å²) in [7, 11) is 3.99. The second-order valence-corrected chi connectivity index (χ2v) is 50.4. The van der Waals surface area contributed by atoms with Gasteiger partial charge in [-0.15, -0.1) is 21.3 Å². The van der Waals surface area contributed by atoms with Gasteiger partial charge in [0.2, 0.25) is 0 Å². The Kier molecular flexibility index (Phi) is 3.24. The lowest BCUT2D eigenvalue weighted by Gasteiger charge is -2.36. The van der Waals surface area contributed by atoms with Crippen molar-refractivity contribution in [3.8, 4) is 0 Å². The van der Waals surface area contributed by atoms with Crippen molar-refractivity contribution in [1.29, 1.82) is 0 Å². The first-order chi connectivity index (χ1) is 3.41. The molecule has 0 spiro atoms. The van der Waals surface area contributed by atoms with Crippen LogP contribution in [0.5, 0.6) is 0 Å². The average Bonchev–Trinajstić information content (AvgIpc) is 1.20. The monoisotopic (exact) mass is 436 g/mol. The van der Waals surface area contributed by atoms with Gasteiger partial charge in [0.15, 0.2) is 0 Å². The summed E-state index contributed by atoms with van der Waals surface area (Å²) in [6, 6.07) is 0. The van der Waals surface area contributed by atoms with Crippen molar-refractivity contribution in [2.24, 2.45) is 0 Å². The Labute approximate surface area is 88.2 Å². The van der Waals surface area contributed by atoms with Crippen LogP contribution in [0.3, 0.4) is 0 Å². The molecule has 8 heavy (non-hydrogen) atoms. The molecule has 1 aliphatic rings. The first kappa shape index (κ1) is 9.14. The van der Waals surface area contributed by atoms with Crippen molar-refractivity contribution in [3.05, 3.63) is 0 Å². The average molecular weight is 440 g/mol. The summed E-state index contributed by atoms with van der Waals surface area (Å²) in [6.07, 6.45) is 0. The van der Waals surface area contributed by atoms with Gasteiger partial charge in [0.1, 0.15) is 0 Å². The highest BCUT2D eigenvalue weighted by Gasteiger charge is 2.56. The Morgan fingerprint density at radius 3 is 1.00 bits per heavy atom. The maximum Gasteiger partial charge on any atom is 0.312 e. The normalized spacial score (nSPS) is 31.5. The third-order valence-electron chi connectivity index (χ3n) is 0.475. The second-order valence-electron chi connectivity index (χ2n) is 1.13. The van der Waals surface area contributed by atoms with E-state index >= 15 is 0 Å². The number of rotatable bonds is 0. The van der Waals surface area contributed by atoms with Gasteiger partial charge >= 0.3 is 7.22 Å². The van der Waals surface area contributed by atoms with Crippen molar-refractivity contribution < 1.29 is 0 Å². The second kappa shape index (κ2) is 2.83. The van der Waals surface area contributed by atoms with E-state index in [1.807, 2.05) is 21.3 Å². The molecule has 1 fully saturated rings. The standard InChI is InChI=1S/Br4S2Si2/c1-7(2)5-8(3,4)6-7. The molecule has 0 aliphatic carbocycles. The topological polar surface area (TPSA) is 0 Å². The molecule has 0 saturated carbocycles. The zero-order valence-electron chi connectivity index (χ0n) is 3.33. The van der Waals surface area contributed by atoms with Gasteiger partial charge in [-0.3, -0.25) is 0 Å². The molecule has 0 aromatic rings. The SMILES string of the molecule is Br[Si]1(Br)S[Si](Br)(Br)S1. The van der Waals surface area contributed by atoms with Gasteiger partial charge in [-0.2, -0.15) is 0 Å². The Balaban J connectivity index is 2.42. The molecule has 0 aromatic heterocycles. The van der Waals surface area contributed by atoms with E-state index in [9.17, 15) is 0 Å². The van der Waals surface area contributed by atoms with Crippen molar-refractivity contribution >= 4 is 89.7 Å². The Hall–Kier alpha value is 3.05. The van der Waals surface area contributed by atoms with E-state index in [2.05, 4.69) is 61.2 Å². The molecule has 0 bridgehead atoms. The Morgan fingerprint density at radius 1 is 0.750 bits per heavy atom. The minimum atomic E-state index is -1.16. The molecule has 0 radical (unpaired) electrons. The molecule has 0 unspecified atom stereocenters. The van der Waals surface area contributed by atoms with Gasteiger partial charge in [0.05, 0.1) is 0 Å². The van der Waals surface area contributed by atoms with Crippen LogP contribution in [0.15, 0.2) is 0 Å². The lowest BCUT2D eigenvalue weighted by atomic mass is 27.2. The predicted molar refractivity (Wildman–Crippen MR) is 62.4 cm³/mol. The molecule has 1 saturated heterocycles. The van der Waals surface area contributed by atoms with Crippen LogP contribution in [-0.2, 0) is 0 Å². The third kappa shape index (κ3) is 2.59. The number of hydrogen-bond acceptors (Lipinski definition) is 2. The molecule has 0 amide bonds. The Morgan fingerprint density at radius 2 is 1.00 bits per heavy atom. The highest BCUT2D eigenvalue weighted by molar-refractivity contribution is 9.82. The van der Waals surface area contributed by atoms with Crippen LogP contribution in [0.2, 0.25) is 0 Å². The molecule has 48 valence electrons. The molecule has 0 N–H and O–H groups in total. The van der Waals surface area contributed by atoms with Gasteiger partial charge in [0, 0.05) is 0 Å². The summed E-state index contributed by atoms with van der Waals surface area (Å²) in [4.78, 5) is 0. The van der Waals surface area contributed by atoms with Crippen LogP contribution in [0.1, 0.15) is 0 Å². The quantitative estimate of drug-likeness (QED) is 0.414. The summed E-state index contributed by atoms with van der Waals surface area (Å²) < 4.78 is -2.32. The lowest BCUT2D eigenvalue weighted by molar-refractivity contribution is 4.17. The van der Waals surface area contributed by atoms with Gasteiger partial charge < -0.3 is 0 Å². The van der Waals surface area contributed by atoms with Gasteiger partial charge in [-0.25, -0.2) is 0 Å². The molecule has 0 nitrogen and oxygen atoms in total. The maximum absolute atomic E-state index is 3.60. The fourth-order valence-corrected chi connectivity index (χ4v) is 141. The summed E-state index contributed by atoms with van der Waals surface area (Å²) in [5.74, 6) is 0.